The van der Waals surface area contributed by atoms with Crippen LogP contribution in [0.2, 0.25) is 0 Å². The van der Waals surface area contributed by atoms with Crippen molar-refractivity contribution in [1.29, 1.82) is 0 Å². The molecule has 0 saturated carbocycles. The Morgan fingerprint density at radius 1 is 1.04 bits per heavy atom. The molecule has 4 aromatic rings. The lowest BCUT2D eigenvalue weighted by molar-refractivity contribution is 0.184. The molecule has 2 aromatic heterocycles. The molecule has 0 fully saturated rings. The van der Waals surface area contributed by atoms with Gasteiger partial charge in [0.25, 0.3) is 5.56 Å². The summed E-state index contributed by atoms with van der Waals surface area (Å²) in [7, 11) is 1.57. The molecular weight excluding hydrogens is 372 g/mol. The number of aromatic nitrogens is 2. The number of nitrogens with zero attached hydrogens (tertiary/aromatic N) is 2. The van der Waals surface area contributed by atoms with E-state index in [1.165, 1.54) is 21.5 Å². The fourth-order valence-electron chi connectivity index (χ4n) is 3.62. The Bertz CT molecular complexity index is 1300. The average Bonchev–Trinajstić information content (AvgIpc) is 3.06. The number of hydrogen-bond donors (Lipinski definition) is 0. The molecule has 0 radical (unpaired) electrons. The van der Waals surface area contributed by atoms with Crippen LogP contribution in [0.4, 0.5) is 0 Å². The second-order valence-corrected chi connectivity index (χ2v) is 8.08. The van der Waals surface area contributed by atoms with Gasteiger partial charge in [-0.1, -0.05) is 42.0 Å². The second kappa shape index (κ2) is 7.37. The molecule has 144 valence electrons. The molecule has 0 unspecified atom stereocenters. The highest BCUT2D eigenvalue weighted by molar-refractivity contribution is 7.25. The Labute approximate surface area is 166 Å². The number of methoxy groups -OCH3 is 1. The highest BCUT2D eigenvalue weighted by atomic mass is 32.1. The predicted octanol–water partition coefficient (Wildman–Crippen LogP) is 3.69. The van der Waals surface area contributed by atoms with Crippen LogP contribution in [-0.2, 0) is 17.8 Å². The van der Waals surface area contributed by atoms with Gasteiger partial charge in [-0.3, -0.25) is 13.9 Å². The van der Waals surface area contributed by atoms with Gasteiger partial charge in [0.15, 0.2) is 0 Å². The molecular formula is C22H22N2O3S. The summed E-state index contributed by atoms with van der Waals surface area (Å²) in [6.07, 6.45) is 0. The summed E-state index contributed by atoms with van der Waals surface area (Å²) >= 11 is 1.44. The summed E-state index contributed by atoms with van der Waals surface area (Å²) in [5, 5.41) is 0.945. The van der Waals surface area contributed by atoms with Crippen LogP contribution >= 0.6 is 11.3 Å². The van der Waals surface area contributed by atoms with Gasteiger partial charge in [-0.2, -0.15) is 0 Å². The minimum atomic E-state index is -0.293. The van der Waals surface area contributed by atoms with E-state index < -0.39 is 0 Å². The normalized spacial score (nSPS) is 11.5. The van der Waals surface area contributed by atoms with Crippen molar-refractivity contribution in [3.63, 3.8) is 0 Å². The zero-order valence-electron chi connectivity index (χ0n) is 16.2. The van der Waals surface area contributed by atoms with E-state index in [4.69, 9.17) is 4.74 Å². The summed E-state index contributed by atoms with van der Waals surface area (Å²) < 4.78 is 9.77. The van der Waals surface area contributed by atoms with Crippen molar-refractivity contribution in [1.82, 2.24) is 9.13 Å². The first-order valence-electron chi connectivity index (χ1n) is 9.21. The van der Waals surface area contributed by atoms with E-state index >= 15 is 0 Å². The Hall–Kier alpha value is -2.70. The molecule has 0 bridgehead atoms. The molecule has 0 aliphatic carbocycles. The van der Waals surface area contributed by atoms with Gasteiger partial charge in [0.05, 0.1) is 25.2 Å². The lowest BCUT2D eigenvalue weighted by Gasteiger charge is -2.14. The first-order chi connectivity index (χ1) is 13.5. The molecule has 2 heterocycles. The Morgan fingerprint density at radius 3 is 2.57 bits per heavy atom. The van der Waals surface area contributed by atoms with Crippen LogP contribution in [0.5, 0.6) is 0 Å². The number of rotatable bonds is 5. The van der Waals surface area contributed by atoms with E-state index in [0.717, 1.165) is 26.7 Å². The number of hydrogen-bond acceptors (Lipinski definition) is 4. The van der Waals surface area contributed by atoms with Crippen LogP contribution in [-0.4, -0.2) is 22.9 Å². The van der Waals surface area contributed by atoms with Gasteiger partial charge in [0.1, 0.15) is 4.70 Å². The van der Waals surface area contributed by atoms with E-state index in [2.05, 4.69) is 32.0 Å². The highest BCUT2D eigenvalue weighted by Gasteiger charge is 2.18. The van der Waals surface area contributed by atoms with E-state index in [1.807, 2.05) is 24.3 Å². The van der Waals surface area contributed by atoms with E-state index in [9.17, 15) is 9.59 Å². The van der Waals surface area contributed by atoms with Crippen molar-refractivity contribution >= 4 is 31.6 Å². The van der Waals surface area contributed by atoms with Gasteiger partial charge in [0, 0.05) is 17.2 Å². The molecule has 0 N–H and O–H groups in total. The van der Waals surface area contributed by atoms with Crippen molar-refractivity contribution in [2.75, 3.05) is 13.7 Å². The molecule has 2 aromatic carbocycles. The summed E-state index contributed by atoms with van der Waals surface area (Å²) in [5.74, 6) is 0. The summed E-state index contributed by atoms with van der Waals surface area (Å²) in [5.41, 5.74) is 3.58. The van der Waals surface area contributed by atoms with Crippen molar-refractivity contribution in [3.8, 4) is 0 Å². The van der Waals surface area contributed by atoms with Crippen LogP contribution in [0, 0.1) is 13.8 Å². The Balaban J connectivity index is 2.04. The third kappa shape index (κ3) is 3.08. The van der Waals surface area contributed by atoms with Crippen LogP contribution < -0.4 is 11.2 Å². The molecule has 28 heavy (non-hydrogen) atoms. The van der Waals surface area contributed by atoms with Gasteiger partial charge < -0.3 is 4.74 Å². The predicted molar refractivity (Wildman–Crippen MR) is 115 cm³/mol. The number of fused-ring (bicyclic) bond motifs is 3. The minimum Gasteiger partial charge on any atom is -0.383 e. The highest BCUT2D eigenvalue weighted by Crippen LogP contribution is 2.31. The fourth-order valence-corrected chi connectivity index (χ4v) is 4.77. The number of thiophene rings is 1. The maximum absolute atomic E-state index is 13.3. The quantitative estimate of drug-likeness (QED) is 0.519. The summed E-state index contributed by atoms with van der Waals surface area (Å²) in [6.45, 7) is 5.09. The van der Waals surface area contributed by atoms with Gasteiger partial charge in [-0.05, 0) is 31.0 Å². The third-order valence-corrected chi connectivity index (χ3v) is 6.23. The van der Waals surface area contributed by atoms with Crippen molar-refractivity contribution in [2.45, 2.75) is 26.9 Å². The van der Waals surface area contributed by atoms with Gasteiger partial charge >= 0.3 is 5.69 Å². The number of ether oxygens (including phenoxy) is 1. The minimum absolute atomic E-state index is 0.241. The van der Waals surface area contributed by atoms with Gasteiger partial charge in [0.2, 0.25) is 0 Å². The van der Waals surface area contributed by atoms with E-state index in [1.54, 1.807) is 11.7 Å². The Kier molecular flexibility index (Phi) is 4.91. The smallest absolute Gasteiger partial charge is 0.331 e. The average molecular weight is 394 g/mol. The van der Waals surface area contributed by atoms with Crippen LogP contribution in [0.3, 0.4) is 0 Å². The SMILES string of the molecule is COCCn1c(=O)c2sc3ccccc3c2n(Cc2ccc(C)cc2C)c1=O. The molecule has 0 amide bonds. The second-order valence-electron chi connectivity index (χ2n) is 7.02. The number of benzene rings is 2. The first kappa shape index (κ1) is 18.7. The van der Waals surface area contributed by atoms with E-state index in [-0.39, 0.29) is 17.8 Å². The van der Waals surface area contributed by atoms with E-state index in [0.29, 0.717) is 17.9 Å². The molecule has 4 rings (SSSR count). The monoisotopic (exact) mass is 394 g/mol. The van der Waals surface area contributed by atoms with Gasteiger partial charge in [-0.15, -0.1) is 11.3 Å². The number of aryl methyl sites for hydroxylation is 2. The summed E-state index contributed by atoms with van der Waals surface area (Å²) in [4.78, 5) is 26.4. The maximum atomic E-state index is 13.3. The molecule has 6 heteroatoms. The zero-order chi connectivity index (χ0) is 19.8. The lowest BCUT2D eigenvalue weighted by atomic mass is 10.1. The third-order valence-electron chi connectivity index (χ3n) is 5.09. The fraction of sp³-hybridized carbons (Fsp3) is 0.273. The molecule has 0 atom stereocenters. The van der Waals surface area contributed by atoms with Crippen molar-refractivity contribution in [2.24, 2.45) is 0 Å². The molecule has 0 spiro atoms. The van der Waals surface area contributed by atoms with Crippen LogP contribution in [0.15, 0.2) is 52.1 Å². The van der Waals surface area contributed by atoms with Gasteiger partial charge in [-0.25, -0.2) is 4.79 Å². The van der Waals surface area contributed by atoms with Crippen molar-refractivity contribution in [3.05, 3.63) is 80.0 Å². The topological polar surface area (TPSA) is 53.2 Å². The maximum Gasteiger partial charge on any atom is 0.331 e. The molecule has 0 aliphatic heterocycles. The van der Waals surface area contributed by atoms with Crippen LogP contribution in [0.25, 0.3) is 20.3 Å². The largest absolute Gasteiger partial charge is 0.383 e. The first-order valence-corrected chi connectivity index (χ1v) is 10.0. The Morgan fingerprint density at radius 2 is 1.82 bits per heavy atom. The molecule has 0 aliphatic rings. The standard InChI is InChI=1S/C22H22N2O3S/c1-14-8-9-16(15(2)12-14)13-24-19-17-6-4-5-7-18(17)28-20(19)21(25)23(22(24)26)10-11-27-3/h4-9,12H,10-11,13H2,1-3H3. The van der Waals surface area contributed by atoms with Crippen LogP contribution in [0.1, 0.15) is 16.7 Å². The molecule has 5 nitrogen and oxygen atoms in total. The lowest BCUT2D eigenvalue weighted by Crippen LogP contribution is -2.40. The molecule has 0 saturated heterocycles. The zero-order valence-corrected chi connectivity index (χ0v) is 17.0. The van der Waals surface area contributed by atoms with Crippen molar-refractivity contribution < 1.29 is 4.74 Å². The summed E-state index contributed by atoms with van der Waals surface area (Å²) in [6, 6.07) is 14.1.